The van der Waals surface area contributed by atoms with Crippen LogP contribution in [0.2, 0.25) is 25.7 Å². The number of phenolic OH excluding ortho intramolecular Hbond substituents is 1. The summed E-state index contributed by atoms with van der Waals surface area (Å²) >= 11 is 1.24. The summed E-state index contributed by atoms with van der Waals surface area (Å²) in [6.07, 6.45) is 0. The van der Waals surface area contributed by atoms with Crippen molar-refractivity contribution >= 4 is 34.6 Å². The number of aromatic nitrogens is 2. The van der Waals surface area contributed by atoms with E-state index in [0.29, 0.717) is 6.61 Å². The lowest BCUT2D eigenvalue weighted by Gasteiger charge is -2.22. The van der Waals surface area contributed by atoms with Gasteiger partial charge in [-0.1, -0.05) is 44.8 Å². The van der Waals surface area contributed by atoms with E-state index in [1.54, 1.807) is 0 Å². The monoisotopic (exact) mass is 429 g/mol. The molecule has 0 saturated carbocycles. The Bertz CT molecular complexity index is 846. The average molecular weight is 430 g/mol. The average Bonchev–Trinajstić information content (AvgIpc) is 3.03. The summed E-state index contributed by atoms with van der Waals surface area (Å²) in [6, 6.07) is 6.36. The highest BCUT2D eigenvalue weighted by Gasteiger charge is 2.29. The number of aromatic hydroxyl groups is 1. The number of phenols is 1. The second kappa shape index (κ2) is 8.68. The van der Waals surface area contributed by atoms with E-state index in [-0.39, 0.29) is 28.4 Å². The van der Waals surface area contributed by atoms with Gasteiger partial charge in [0.15, 0.2) is 0 Å². The molecule has 10 heteroatoms. The zero-order valence-electron chi connectivity index (χ0n) is 16.3. The van der Waals surface area contributed by atoms with Gasteiger partial charge in [-0.25, -0.2) is 12.7 Å². The van der Waals surface area contributed by atoms with Gasteiger partial charge < -0.3 is 9.84 Å². The number of rotatable bonds is 9. The van der Waals surface area contributed by atoms with Crippen LogP contribution in [0.3, 0.4) is 0 Å². The lowest BCUT2D eigenvalue weighted by molar-refractivity contribution is 0.156. The Morgan fingerprint density at radius 3 is 2.33 bits per heavy atom. The van der Waals surface area contributed by atoms with E-state index in [2.05, 4.69) is 29.8 Å². The molecule has 27 heavy (non-hydrogen) atoms. The molecule has 0 aliphatic rings. The molecule has 2 aromatic rings. The van der Waals surface area contributed by atoms with Crippen LogP contribution in [-0.4, -0.2) is 45.1 Å². The van der Waals surface area contributed by atoms with Gasteiger partial charge in [-0.2, -0.15) is 0 Å². The van der Waals surface area contributed by atoms with E-state index < -0.39 is 18.1 Å². The number of benzene rings is 1. The number of hydrogen-bond donors (Lipinski definition) is 1. The SMILES string of the molecule is CC(C)c1nnc(N(COCC[Si](C)(C)C)S(=O)(=O)c2ccc(O)cc2)s1. The standard InChI is InChI=1S/C17H27N3O4S2Si/c1-13(2)16-18-19-17(25-16)20(12-24-10-11-27(3,4)5)26(22,23)15-8-6-14(21)7-9-15/h6-9,13,21H,10-12H2,1-5H3. The summed E-state index contributed by atoms with van der Waals surface area (Å²) in [4.78, 5) is 0.0652. The number of hydrogen-bond acceptors (Lipinski definition) is 7. The Morgan fingerprint density at radius 2 is 1.81 bits per heavy atom. The minimum Gasteiger partial charge on any atom is -0.508 e. The molecule has 1 aromatic heterocycles. The van der Waals surface area contributed by atoms with Crippen LogP contribution in [0.15, 0.2) is 29.2 Å². The van der Waals surface area contributed by atoms with Crippen molar-refractivity contribution in [1.82, 2.24) is 10.2 Å². The third kappa shape index (κ3) is 5.99. The molecule has 0 amide bonds. The van der Waals surface area contributed by atoms with Gasteiger partial charge in [0.1, 0.15) is 17.5 Å². The molecule has 0 saturated heterocycles. The fourth-order valence-corrected chi connectivity index (χ4v) is 5.15. The van der Waals surface area contributed by atoms with Gasteiger partial charge in [-0.05, 0) is 30.3 Å². The maximum Gasteiger partial charge on any atom is 0.268 e. The second-order valence-corrected chi connectivity index (χ2v) is 16.2. The van der Waals surface area contributed by atoms with Crippen molar-refractivity contribution in [2.45, 2.75) is 50.3 Å². The molecule has 7 nitrogen and oxygen atoms in total. The minimum absolute atomic E-state index is 0.00453. The quantitative estimate of drug-likeness (QED) is 0.369. The normalized spacial score (nSPS) is 12.5. The van der Waals surface area contributed by atoms with E-state index in [4.69, 9.17) is 4.74 Å². The van der Waals surface area contributed by atoms with E-state index in [9.17, 15) is 13.5 Å². The maximum absolute atomic E-state index is 13.1. The molecule has 0 atom stereocenters. The van der Waals surface area contributed by atoms with Crippen LogP contribution in [0, 0.1) is 0 Å². The van der Waals surface area contributed by atoms with Crippen molar-refractivity contribution in [1.29, 1.82) is 0 Å². The van der Waals surface area contributed by atoms with Gasteiger partial charge in [-0.3, -0.25) is 0 Å². The van der Waals surface area contributed by atoms with Crippen molar-refractivity contribution in [3.63, 3.8) is 0 Å². The Hall–Kier alpha value is -1.49. The van der Waals surface area contributed by atoms with Crippen molar-refractivity contribution in [2.24, 2.45) is 0 Å². The van der Waals surface area contributed by atoms with E-state index >= 15 is 0 Å². The molecule has 0 unspecified atom stereocenters. The van der Waals surface area contributed by atoms with Crippen LogP contribution < -0.4 is 4.31 Å². The smallest absolute Gasteiger partial charge is 0.268 e. The fraction of sp³-hybridized carbons (Fsp3) is 0.529. The molecular weight excluding hydrogens is 402 g/mol. The van der Waals surface area contributed by atoms with Gasteiger partial charge in [0.2, 0.25) is 5.13 Å². The van der Waals surface area contributed by atoms with Crippen LogP contribution in [0.1, 0.15) is 24.8 Å². The Kier molecular flexibility index (Phi) is 7.01. The zero-order chi connectivity index (χ0) is 20.2. The van der Waals surface area contributed by atoms with Crippen LogP contribution in [-0.2, 0) is 14.8 Å². The highest BCUT2D eigenvalue weighted by Crippen LogP contribution is 2.30. The van der Waals surface area contributed by atoms with Gasteiger partial charge in [0, 0.05) is 20.6 Å². The van der Waals surface area contributed by atoms with Crippen molar-refractivity contribution in [3.8, 4) is 5.75 Å². The number of nitrogens with zero attached hydrogens (tertiary/aromatic N) is 3. The summed E-state index contributed by atoms with van der Waals surface area (Å²) in [5.74, 6) is 0.159. The predicted molar refractivity (Wildman–Crippen MR) is 111 cm³/mol. The summed E-state index contributed by atoms with van der Waals surface area (Å²) in [7, 11) is -5.16. The molecule has 0 aliphatic carbocycles. The van der Waals surface area contributed by atoms with Gasteiger partial charge in [0.05, 0.1) is 4.90 Å². The molecule has 0 radical (unpaired) electrons. The third-order valence-electron chi connectivity index (χ3n) is 3.77. The second-order valence-electron chi connectivity index (χ2n) is 7.77. The van der Waals surface area contributed by atoms with Crippen molar-refractivity contribution < 1.29 is 18.3 Å². The molecular formula is C17H27N3O4S2Si. The molecule has 150 valence electrons. The number of ether oxygens (including phenoxy) is 1. The zero-order valence-corrected chi connectivity index (χ0v) is 19.0. The maximum atomic E-state index is 13.1. The predicted octanol–water partition coefficient (Wildman–Crippen LogP) is 3.87. The third-order valence-corrected chi connectivity index (χ3v) is 8.56. The van der Waals surface area contributed by atoms with Crippen LogP contribution in [0.4, 0.5) is 5.13 Å². The topological polar surface area (TPSA) is 92.6 Å². The van der Waals surface area contributed by atoms with E-state index in [1.165, 1.54) is 35.6 Å². The van der Waals surface area contributed by atoms with E-state index in [1.807, 2.05) is 13.8 Å². The van der Waals surface area contributed by atoms with Gasteiger partial charge in [0.25, 0.3) is 10.0 Å². The highest BCUT2D eigenvalue weighted by atomic mass is 32.2. The molecule has 0 fully saturated rings. The van der Waals surface area contributed by atoms with E-state index in [0.717, 1.165) is 15.4 Å². The molecule has 1 heterocycles. The van der Waals surface area contributed by atoms with Gasteiger partial charge in [-0.15, -0.1) is 10.2 Å². The summed E-state index contributed by atoms with van der Waals surface area (Å²) in [6.45, 7) is 11.0. The first-order chi connectivity index (χ1) is 12.5. The molecule has 2 rings (SSSR count). The molecule has 0 aliphatic heterocycles. The number of sulfonamides is 1. The molecule has 0 bridgehead atoms. The van der Waals surface area contributed by atoms with Crippen molar-refractivity contribution in [2.75, 3.05) is 17.6 Å². The molecule has 0 spiro atoms. The van der Waals surface area contributed by atoms with Crippen LogP contribution >= 0.6 is 11.3 Å². The molecule has 1 aromatic carbocycles. The first kappa shape index (κ1) is 21.8. The van der Waals surface area contributed by atoms with Crippen molar-refractivity contribution in [3.05, 3.63) is 29.3 Å². The minimum atomic E-state index is -3.88. The molecule has 1 N–H and O–H groups in total. The Balaban J connectivity index is 2.29. The first-order valence-corrected chi connectivity index (χ1v) is 14.7. The lowest BCUT2D eigenvalue weighted by atomic mass is 10.2. The lowest BCUT2D eigenvalue weighted by Crippen LogP contribution is -2.34. The van der Waals surface area contributed by atoms with Gasteiger partial charge >= 0.3 is 0 Å². The first-order valence-electron chi connectivity index (χ1n) is 8.73. The summed E-state index contributed by atoms with van der Waals surface area (Å²) < 4.78 is 33.1. The number of anilines is 1. The Morgan fingerprint density at radius 1 is 1.19 bits per heavy atom. The Labute approximate surface area is 166 Å². The van der Waals surface area contributed by atoms with Crippen LogP contribution in [0.5, 0.6) is 5.75 Å². The summed E-state index contributed by atoms with van der Waals surface area (Å²) in [5.41, 5.74) is 0. The summed E-state index contributed by atoms with van der Waals surface area (Å²) in [5, 5.41) is 18.7. The largest absolute Gasteiger partial charge is 0.508 e. The highest BCUT2D eigenvalue weighted by molar-refractivity contribution is 7.93. The van der Waals surface area contributed by atoms with Crippen LogP contribution in [0.25, 0.3) is 0 Å². The fourth-order valence-electron chi connectivity index (χ4n) is 2.06.